The van der Waals surface area contributed by atoms with E-state index in [1.165, 1.54) is 12.8 Å². The van der Waals surface area contributed by atoms with Crippen LogP contribution in [-0.2, 0) is 9.53 Å². The Kier molecular flexibility index (Phi) is 3.37. The normalized spacial score (nSPS) is 31.9. The van der Waals surface area contributed by atoms with Gasteiger partial charge < -0.3 is 4.74 Å². The van der Waals surface area contributed by atoms with Crippen LogP contribution in [0.5, 0.6) is 0 Å². The minimum Gasteiger partial charge on any atom is -0.369 e. The molecule has 1 saturated heterocycles. The van der Waals surface area contributed by atoms with Crippen LogP contribution in [0.2, 0.25) is 0 Å². The summed E-state index contributed by atoms with van der Waals surface area (Å²) in [6, 6.07) is 0. The highest BCUT2D eigenvalue weighted by molar-refractivity contribution is 5.81. The summed E-state index contributed by atoms with van der Waals surface area (Å²) in [5.41, 5.74) is -0.206. The number of hydrogen-bond donors (Lipinski definition) is 0. The van der Waals surface area contributed by atoms with Gasteiger partial charge in [-0.2, -0.15) is 0 Å². The average Bonchev–Trinajstić information content (AvgIpc) is 2.72. The Labute approximate surface area is 105 Å². The van der Waals surface area contributed by atoms with Crippen LogP contribution in [0, 0.1) is 11.8 Å². The van der Waals surface area contributed by atoms with Gasteiger partial charge in [-0.3, -0.25) is 4.79 Å². The number of hydrogen-bond acceptors (Lipinski definition) is 2. The maximum Gasteiger partial charge on any atom is 0.136 e. The van der Waals surface area contributed by atoms with E-state index < -0.39 is 0 Å². The molecule has 2 aliphatic rings. The molecule has 1 aliphatic carbocycles. The molecule has 2 heteroatoms. The molecule has 2 fully saturated rings. The van der Waals surface area contributed by atoms with Crippen LogP contribution in [0.4, 0.5) is 0 Å². The van der Waals surface area contributed by atoms with Crippen molar-refractivity contribution in [2.24, 2.45) is 11.8 Å². The van der Waals surface area contributed by atoms with E-state index in [4.69, 9.17) is 4.74 Å². The lowest BCUT2D eigenvalue weighted by Gasteiger charge is -2.27. The van der Waals surface area contributed by atoms with Gasteiger partial charge in [0.15, 0.2) is 0 Å². The molecule has 0 aromatic heterocycles. The van der Waals surface area contributed by atoms with Crippen LogP contribution < -0.4 is 0 Å². The summed E-state index contributed by atoms with van der Waals surface area (Å²) in [6.07, 6.45) is 6.46. The molecule has 0 aromatic rings. The van der Waals surface area contributed by atoms with Crippen LogP contribution in [0.25, 0.3) is 0 Å². The third-order valence-corrected chi connectivity index (χ3v) is 4.52. The molecule has 0 amide bonds. The Morgan fingerprint density at radius 2 is 1.76 bits per heavy atom. The summed E-state index contributed by atoms with van der Waals surface area (Å²) < 4.78 is 6.06. The van der Waals surface area contributed by atoms with Crippen molar-refractivity contribution in [1.29, 1.82) is 0 Å². The maximum absolute atomic E-state index is 12.2. The van der Waals surface area contributed by atoms with Crippen LogP contribution in [0.15, 0.2) is 0 Å². The van der Waals surface area contributed by atoms with E-state index in [0.29, 0.717) is 17.6 Å². The molecule has 1 saturated carbocycles. The van der Waals surface area contributed by atoms with Crippen molar-refractivity contribution in [2.75, 3.05) is 0 Å². The van der Waals surface area contributed by atoms with E-state index in [0.717, 1.165) is 25.7 Å². The Morgan fingerprint density at radius 1 is 1.18 bits per heavy atom. The van der Waals surface area contributed by atoms with Gasteiger partial charge in [0.05, 0.1) is 11.2 Å². The maximum atomic E-state index is 12.2. The molecular weight excluding hydrogens is 212 g/mol. The minimum absolute atomic E-state index is 0.0654. The molecule has 2 nitrogen and oxygen atoms in total. The molecule has 0 spiro atoms. The van der Waals surface area contributed by atoms with Gasteiger partial charge in [-0.05, 0) is 52.9 Å². The van der Waals surface area contributed by atoms with E-state index in [1.54, 1.807) is 0 Å². The molecule has 1 aliphatic heterocycles. The Balaban J connectivity index is 1.96. The lowest BCUT2D eigenvalue weighted by molar-refractivity contribution is -0.125. The Hall–Kier alpha value is -0.370. The first-order valence-corrected chi connectivity index (χ1v) is 7.03. The smallest absolute Gasteiger partial charge is 0.136 e. The first-order valence-electron chi connectivity index (χ1n) is 7.03. The molecule has 0 aromatic carbocycles. The largest absolute Gasteiger partial charge is 0.369 e. The molecule has 98 valence electrons. The zero-order valence-corrected chi connectivity index (χ0v) is 11.7. The van der Waals surface area contributed by atoms with Crippen LogP contribution in [0.1, 0.15) is 66.2 Å². The van der Waals surface area contributed by atoms with Gasteiger partial charge in [-0.15, -0.1) is 0 Å². The first-order chi connectivity index (χ1) is 7.80. The number of ether oxygens (including phenoxy) is 1. The minimum atomic E-state index is -0.141. The molecule has 1 unspecified atom stereocenters. The molecule has 1 atom stereocenters. The monoisotopic (exact) mass is 238 g/mol. The SMILES string of the molecule is CC1(C)CC(CC(=O)C2CCCC2)C(C)(C)O1. The Bertz CT molecular complexity index is 298. The predicted molar refractivity (Wildman–Crippen MR) is 68.9 cm³/mol. The number of ketones is 1. The fourth-order valence-corrected chi connectivity index (χ4v) is 3.65. The van der Waals surface area contributed by atoms with Gasteiger partial charge >= 0.3 is 0 Å². The second-order valence-electron chi connectivity index (χ2n) is 7.02. The van der Waals surface area contributed by atoms with Crippen molar-refractivity contribution in [3.05, 3.63) is 0 Å². The average molecular weight is 238 g/mol. The number of Topliss-reactive ketones (excluding diaryl/α,β-unsaturated/α-hetero) is 1. The van der Waals surface area contributed by atoms with Crippen molar-refractivity contribution in [2.45, 2.75) is 77.4 Å². The van der Waals surface area contributed by atoms with E-state index in [2.05, 4.69) is 27.7 Å². The molecule has 2 rings (SSSR count). The summed E-state index contributed by atoms with van der Waals surface area (Å²) in [6.45, 7) is 8.53. The summed E-state index contributed by atoms with van der Waals surface area (Å²) in [5, 5.41) is 0. The molecule has 17 heavy (non-hydrogen) atoms. The van der Waals surface area contributed by atoms with E-state index >= 15 is 0 Å². The fourth-order valence-electron chi connectivity index (χ4n) is 3.65. The lowest BCUT2D eigenvalue weighted by Crippen LogP contribution is -2.31. The van der Waals surface area contributed by atoms with E-state index in [-0.39, 0.29) is 11.2 Å². The topological polar surface area (TPSA) is 26.3 Å². The highest BCUT2D eigenvalue weighted by atomic mass is 16.5. The van der Waals surface area contributed by atoms with Crippen molar-refractivity contribution in [1.82, 2.24) is 0 Å². The first kappa shape index (κ1) is 13.1. The molecular formula is C15H26O2. The Morgan fingerprint density at radius 3 is 2.24 bits per heavy atom. The van der Waals surface area contributed by atoms with Crippen LogP contribution in [0.3, 0.4) is 0 Å². The lowest BCUT2D eigenvalue weighted by atomic mass is 9.81. The number of carbonyl (C=O) groups is 1. The zero-order chi connectivity index (χ0) is 12.7. The van der Waals surface area contributed by atoms with Crippen molar-refractivity contribution in [3.8, 4) is 0 Å². The van der Waals surface area contributed by atoms with E-state index in [1.807, 2.05) is 0 Å². The van der Waals surface area contributed by atoms with Crippen LogP contribution >= 0.6 is 0 Å². The highest BCUT2D eigenvalue weighted by Crippen LogP contribution is 2.44. The number of rotatable bonds is 3. The molecule has 0 bridgehead atoms. The van der Waals surface area contributed by atoms with Gasteiger partial charge in [-0.25, -0.2) is 0 Å². The second-order valence-corrected chi connectivity index (χ2v) is 7.02. The van der Waals surface area contributed by atoms with Crippen molar-refractivity contribution >= 4 is 5.78 Å². The molecule has 0 N–H and O–H groups in total. The zero-order valence-electron chi connectivity index (χ0n) is 11.7. The van der Waals surface area contributed by atoms with Crippen LogP contribution in [-0.4, -0.2) is 17.0 Å². The standard InChI is InChI=1S/C15H26O2/c1-14(2)10-12(15(3,4)17-14)9-13(16)11-7-5-6-8-11/h11-12H,5-10H2,1-4H3. The summed E-state index contributed by atoms with van der Waals surface area (Å²) in [5.74, 6) is 1.24. The van der Waals surface area contributed by atoms with Gasteiger partial charge in [0.1, 0.15) is 5.78 Å². The highest BCUT2D eigenvalue weighted by Gasteiger charge is 2.46. The summed E-state index contributed by atoms with van der Waals surface area (Å²) >= 11 is 0. The van der Waals surface area contributed by atoms with Gasteiger partial charge in [0, 0.05) is 12.3 Å². The molecule has 1 heterocycles. The third kappa shape index (κ3) is 2.90. The summed E-state index contributed by atoms with van der Waals surface area (Å²) in [7, 11) is 0. The molecule has 0 radical (unpaired) electrons. The second kappa shape index (κ2) is 4.38. The summed E-state index contributed by atoms with van der Waals surface area (Å²) in [4.78, 5) is 12.2. The predicted octanol–water partition coefficient (Wildman–Crippen LogP) is 3.73. The number of carbonyl (C=O) groups excluding carboxylic acids is 1. The van der Waals surface area contributed by atoms with E-state index in [9.17, 15) is 4.79 Å². The van der Waals surface area contributed by atoms with Gasteiger partial charge in [0.2, 0.25) is 0 Å². The van der Waals surface area contributed by atoms with Crippen molar-refractivity contribution < 1.29 is 9.53 Å². The van der Waals surface area contributed by atoms with Gasteiger partial charge in [-0.1, -0.05) is 12.8 Å². The quantitative estimate of drug-likeness (QED) is 0.749. The van der Waals surface area contributed by atoms with Crippen molar-refractivity contribution in [3.63, 3.8) is 0 Å². The van der Waals surface area contributed by atoms with Gasteiger partial charge in [0.25, 0.3) is 0 Å². The third-order valence-electron chi connectivity index (χ3n) is 4.52. The fraction of sp³-hybridized carbons (Fsp3) is 0.933.